The zero-order valence-corrected chi connectivity index (χ0v) is 14.2. The van der Waals surface area contributed by atoms with E-state index in [1.807, 2.05) is 31.2 Å². The Balaban J connectivity index is 1.96. The summed E-state index contributed by atoms with van der Waals surface area (Å²) in [6, 6.07) is 9.89. The second kappa shape index (κ2) is 8.47. The molecule has 0 atom stereocenters. The SMILES string of the molecule is COc1cc(/C=N\NC(=O)CNc2ccc(C)cc2)cc([N+](=O)[O-])c1[O-]. The lowest BCUT2D eigenvalue weighted by Gasteiger charge is -2.12. The van der Waals surface area contributed by atoms with E-state index in [1.165, 1.54) is 19.4 Å². The monoisotopic (exact) mass is 357 g/mol. The lowest BCUT2D eigenvalue weighted by atomic mass is 10.2. The first-order valence-corrected chi connectivity index (χ1v) is 7.56. The number of carbonyl (C=O) groups excluding carboxylic acids is 1. The van der Waals surface area contributed by atoms with E-state index in [4.69, 9.17) is 4.74 Å². The summed E-state index contributed by atoms with van der Waals surface area (Å²) in [7, 11) is 1.24. The van der Waals surface area contributed by atoms with E-state index in [9.17, 15) is 20.0 Å². The van der Waals surface area contributed by atoms with Crippen LogP contribution in [0.4, 0.5) is 11.4 Å². The van der Waals surface area contributed by atoms with E-state index >= 15 is 0 Å². The van der Waals surface area contributed by atoms with Gasteiger partial charge in [-0.15, -0.1) is 0 Å². The molecule has 0 aliphatic rings. The maximum atomic E-state index is 11.8. The highest BCUT2D eigenvalue weighted by Gasteiger charge is 2.12. The highest BCUT2D eigenvalue weighted by Crippen LogP contribution is 2.33. The Morgan fingerprint density at radius 2 is 2.00 bits per heavy atom. The molecule has 2 aromatic rings. The van der Waals surface area contributed by atoms with E-state index in [2.05, 4.69) is 15.8 Å². The number of hydrazone groups is 1. The van der Waals surface area contributed by atoms with Crippen LogP contribution in [-0.4, -0.2) is 30.7 Å². The van der Waals surface area contributed by atoms with Crippen LogP contribution in [0, 0.1) is 17.0 Å². The fourth-order valence-corrected chi connectivity index (χ4v) is 2.04. The van der Waals surface area contributed by atoms with E-state index in [-0.39, 0.29) is 17.9 Å². The third kappa shape index (κ3) is 4.94. The van der Waals surface area contributed by atoms with Gasteiger partial charge < -0.3 is 15.2 Å². The predicted molar refractivity (Wildman–Crippen MR) is 94.5 cm³/mol. The average molecular weight is 357 g/mol. The second-order valence-electron chi connectivity index (χ2n) is 5.34. The Morgan fingerprint density at radius 1 is 1.31 bits per heavy atom. The van der Waals surface area contributed by atoms with Crippen molar-refractivity contribution in [2.75, 3.05) is 19.0 Å². The van der Waals surface area contributed by atoms with E-state index < -0.39 is 22.3 Å². The molecule has 0 aliphatic carbocycles. The van der Waals surface area contributed by atoms with Gasteiger partial charge in [-0.05, 0) is 25.1 Å². The molecule has 9 nitrogen and oxygen atoms in total. The van der Waals surface area contributed by atoms with Crippen molar-refractivity contribution in [3.8, 4) is 11.5 Å². The van der Waals surface area contributed by atoms with Gasteiger partial charge in [0, 0.05) is 23.1 Å². The van der Waals surface area contributed by atoms with Gasteiger partial charge in [-0.2, -0.15) is 5.10 Å². The Kier molecular flexibility index (Phi) is 6.10. The maximum absolute atomic E-state index is 11.8. The first-order chi connectivity index (χ1) is 12.4. The van der Waals surface area contributed by atoms with Crippen molar-refractivity contribution >= 4 is 23.5 Å². The van der Waals surface area contributed by atoms with Crippen molar-refractivity contribution in [1.82, 2.24) is 5.43 Å². The molecule has 1 amide bonds. The number of carbonyl (C=O) groups is 1. The van der Waals surface area contributed by atoms with Gasteiger partial charge in [-0.3, -0.25) is 14.9 Å². The van der Waals surface area contributed by atoms with Crippen LogP contribution >= 0.6 is 0 Å². The van der Waals surface area contributed by atoms with Crippen LogP contribution < -0.4 is 20.6 Å². The number of nitrogens with one attached hydrogen (secondary N) is 2. The number of nitrogens with zero attached hydrogens (tertiary/aromatic N) is 2. The first kappa shape index (κ1) is 18.7. The van der Waals surface area contributed by atoms with Gasteiger partial charge in [0.15, 0.2) is 0 Å². The number of benzene rings is 2. The van der Waals surface area contributed by atoms with E-state index in [0.29, 0.717) is 0 Å². The maximum Gasteiger partial charge on any atom is 0.266 e. The fourth-order valence-electron chi connectivity index (χ4n) is 2.04. The number of anilines is 1. The van der Waals surface area contributed by atoms with Crippen molar-refractivity contribution in [2.24, 2.45) is 5.10 Å². The Labute approximate surface area is 149 Å². The highest BCUT2D eigenvalue weighted by atomic mass is 16.6. The summed E-state index contributed by atoms with van der Waals surface area (Å²) < 4.78 is 4.82. The van der Waals surface area contributed by atoms with Crippen LogP contribution in [0.25, 0.3) is 0 Å². The number of hydrogen-bond donors (Lipinski definition) is 2. The molecular weight excluding hydrogens is 340 g/mol. The number of hydrogen-bond acceptors (Lipinski definition) is 7. The molecule has 9 heteroatoms. The van der Waals surface area contributed by atoms with Crippen molar-refractivity contribution < 1.29 is 19.6 Å². The molecule has 0 fully saturated rings. The van der Waals surface area contributed by atoms with Gasteiger partial charge in [-0.25, -0.2) is 5.43 Å². The molecule has 0 radical (unpaired) electrons. The minimum absolute atomic E-state index is 0.00334. The molecule has 2 N–H and O–H groups in total. The zero-order chi connectivity index (χ0) is 19.1. The minimum Gasteiger partial charge on any atom is -0.865 e. The number of ether oxygens (including phenoxy) is 1. The van der Waals surface area contributed by atoms with Crippen molar-refractivity contribution in [3.63, 3.8) is 0 Å². The number of aryl methyl sites for hydroxylation is 1. The quantitative estimate of drug-likeness (QED) is 0.439. The summed E-state index contributed by atoms with van der Waals surface area (Å²) in [6.45, 7) is 1.97. The summed E-state index contributed by atoms with van der Waals surface area (Å²) in [5.41, 5.74) is 3.82. The molecule has 0 spiro atoms. The predicted octanol–water partition coefficient (Wildman–Crippen LogP) is 1.55. The molecule has 26 heavy (non-hydrogen) atoms. The van der Waals surface area contributed by atoms with E-state index in [1.54, 1.807) is 0 Å². The largest absolute Gasteiger partial charge is 0.865 e. The normalized spacial score (nSPS) is 10.5. The number of rotatable bonds is 7. The second-order valence-corrected chi connectivity index (χ2v) is 5.34. The molecule has 0 aromatic heterocycles. The molecule has 0 saturated heterocycles. The molecule has 0 saturated carbocycles. The lowest BCUT2D eigenvalue weighted by Crippen LogP contribution is -2.25. The van der Waals surface area contributed by atoms with Crippen LogP contribution in [0.5, 0.6) is 11.5 Å². The summed E-state index contributed by atoms with van der Waals surface area (Å²) in [5.74, 6) is -1.39. The van der Waals surface area contributed by atoms with Crippen LogP contribution in [0.3, 0.4) is 0 Å². The van der Waals surface area contributed by atoms with Crippen LogP contribution in [-0.2, 0) is 4.79 Å². The first-order valence-electron chi connectivity index (χ1n) is 7.56. The third-order valence-corrected chi connectivity index (χ3v) is 3.38. The zero-order valence-electron chi connectivity index (χ0n) is 14.2. The molecule has 136 valence electrons. The van der Waals surface area contributed by atoms with Gasteiger partial charge >= 0.3 is 0 Å². The number of amides is 1. The Morgan fingerprint density at radius 3 is 2.62 bits per heavy atom. The Hall–Kier alpha value is -3.62. The smallest absolute Gasteiger partial charge is 0.266 e. The minimum atomic E-state index is -0.819. The molecule has 0 unspecified atom stereocenters. The van der Waals surface area contributed by atoms with Gasteiger partial charge in [-0.1, -0.05) is 17.7 Å². The van der Waals surface area contributed by atoms with Crippen molar-refractivity contribution in [3.05, 3.63) is 57.6 Å². The number of methoxy groups -OCH3 is 1. The lowest BCUT2D eigenvalue weighted by molar-refractivity contribution is -0.398. The molecule has 0 aliphatic heterocycles. The number of nitro benzene ring substituents is 1. The average Bonchev–Trinajstić information content (AvgIpc) is 2.62. The van der Waals surface area contributed by atoms with Crippen LogP contribution in [0.1, 0.15) is 11.1 Å². The Bertz CT molecular complexity index is 834. The van der Waals surface area contributed by atoms with Gasteiger partial charge in [0.1, 0.15) is 5.75 Å². The number of nitro groups is 1. The fraction of sp³-hybridized carbons (Fsp3) is 0.176. The topological polar surface area (TPSA) is 129 Å². The third-order valence-electron chi connectivity index (χ3n) is 3.38. The van der Waals surface area contributed by atoms with Crippen molar-refractivity contribution in [1.29, 1.82) is 0 Å². The standard InChI is InChI=1S/C17H18N4O5/c1-11-3-5-13(6-4-11)18-10-16(22)20-19-9-12-7-14(21(24)25)17(23)15(8-12)26-2/h3-9,18,23H,10H2,1-2H3,(H,20,22)/p-1/b19-9-. The van der Waals surface area contributed by atoms with Gasteiger partial charge in [0.05, 0.1) is 24.8 Å². The van der Waals surface area contributed by atoms with Crippen molar-refractivity contribution in [2.45, 2.75) is 6.92 Å². The van der Waals surface area contributed by atoms with E-state index in [0.717, 1.165) is 17.3 Å². The molecule has 0 bridgehead atoms. The molecule has 2 aromatic carbocycles. The van der Waals surface area contributed by atoms with Gasteiger partial charge in [0.2, 0.25) is 0 Å². The summed E-state index contributed by atoms with van der Waals surface area (Å²) >= 11 is 0. The molecular formula is C17H17N4O5-. The van der Waals surface area contributed by atoms with Crippen LogP contribution in [0.2, 0.25) is 0 Å². The summed E-state index contributed by atoms with van der Waals surface area (Å²) in [6.07, 6.45) is 1.19. The highest BCUT2D eigenvalue weighted by molar-refractivity contribution is 5.86. The van der Waals surface area contributed by atoms with Crippen LogP contribution in [0.15, 0.2) is 41.5 Å². The molecule has 0 heterocycles. The molecule has 2 rings (SSSR count). The summed E-state index contributed by atoms with van der Waals surface area (Å²) in [4.78, 5) is 21.8. The summed E-state index contributed by atoms with van der Waals surface area (Å²) in [5, 5.41) is 29.3. The van der Waals surface area contributed by atoms with Gasteiger partial charge in [0.25, 0.3) is 11.6 Å².